The molecule has 1 aliphatic carbocycles. The molecule has 0 radical (unpaired) electrons. The fraction of sp³-hybridized carbons (Fsp3) is 0.368. The lowest BCUT2D eigenvalue weighted by atomic mass is 10.1. The summed E-state index contributed by atoms with van der Waals surface area (Å²) in [6, 6.07) is 3.89. The minimum Gasteiger partial charge on any atom is -0.462 e. The summed E-state index contributed by atoms with van der Waals surface area (Å²) in [6.45, 7) is 2.13. The number of hydrogen-bond donors (Lipinski definition) is 1. The molecule has 2 aromatic rings. The number of amides is 1. The van der Waals surface area contributed by atoms with E-state index >= 15 is 0 Å². The average Bonchev–Trinajstić information content (AvgIpc) is 3.16. The summed E-state index contributed by atoms with van der Waals surface area (Å²) in [7, 11) is 0. The molecule has 0 spiro atoms. The van der Waals surface area contributed by atoms with Crippen molar-refractivity contribution in [3.8, 4) is 0 Å². The second-order valence-electron chi connectivity index (χ2n) is 5.83. The molecule has 1 amide bonds. The maximum atomic E-state index is 12.5. The van der Waals surface area contributed by atoms with Crippen LogP contribution in [0.5, 0.6) is 0 Å². The van der Waals surface area contributed by atoms with Crippen LogP contribution in [0.15, 0.2) is 23.6 Å². The summed E-state index contributed by atoms with van der Waals surface area (Å²) < 4.78 is 5.23. The van der Waals surface area contributed by atoms with Crippen molar-refractivity contribution in [3.05, 3.63) is 44.5 Å². The monoisotopic (exact) mass is 375 g/mol. The maximum Gasteiger partial charge on any atom is 0.341 e. The van der Waals surface area contributed by atoms with Crippen LogP contribution in [0.1, 0.15) is 51.9 Å². The van der Waals surface area contributed by atoms with Crippen LogP contribution in [0.4, 0.5) is 5.00 Å². The quantitative estimate of drug-likeness (QED) is 0.459. The highest BCUT2D eigenvalue weighted by Gasteiger charge is 2.26. The Morgan fingerprint density at radius 2 is 2.12 bits per heavy atom. The first kappa shape index (κ1) is 17.9. The summed E-state index contributed by atoms with van der Waals surface area (Å²) in [5.41, 5.74) is 1.63. The van der Waals surface area contributed by atoms with E-state index in [0.29, 0.717) is 17.2 Å². The Kier molecular flexibility index (Phi) is 6.04. The van der Waals surface area contributed by atoms with E-state index in [9.17, 15) is 9.59 Å². The fourth-order valence-electron chi connectivity index (χ4n) is 2.95. The van der Waals surface area contributed by atoms with Gasteiger partial charge in [0, 0.05) is 15.8 Å². The van der Waals surface area contributed by atoms with Crippen LogP contribution in [-0.4, -0.2) is 18.5 Å². The first-order valence-electron chi connectivity index (χ1n) is 8.53. The zero-order chi connectivity index (χ0) is 17.6. The maximum absolute atomic E-state index is 12.5. The second-order valence-corrected chi connectivity index (χ2v) is 7.91. The van der Waals surface area contributed by atoms with E-state index in [1.165, 1.54) is 28.7 Å². The molecular weight excluding hydrogens is 354 g/mol. The van der Waals surface area contributed by atoms with Crippen molar-refractivity contribution in [3.63, 3.8) is 0 Å². The molecule has 25 heavy (non-hydrogen) atoms. The van der Waals surface area contributed by atoms with Gasteiger partial charge in [0.2, 0.25) is 5.91 Å². The summed E-state index contributed by atoms with van der Waals surface area (Å²) in [5.74, 6) is -0.560. The Bertz CT molecular complexity index is 775. The topological polar surface area (TPSA) is 55.4 Å². The van der Waals surface area contributed by atoms with Gasteiger partial charge in [-0.3, -0.25) is 4.79 Å². The van der Waals surface area contributed by atoms with Gasteiger partial charge in [0.05, 0.1) is 12.2 Å². The number of aryl methyl sites for hydroxylation is 1. The lowest BCUT2D eigenvalue weighted by Crippen LogP contribution is -2.13. The number of carbonyl (C=O) groups is 2. The third-order valence-corrected chi connectivity index (χ3v) is 6.12. The molecule has 0 fully saturated rings. The molecular formula is C19H21NO3S2. The van der Waals surface area contributed by atoms with Crippen LogP contribution < -0.4 is 5.32 Å². The summed E-state index contributed by atoms with van der Waals surface area (Å²) in [5, 5.41) is 5.47. The molecule has 1 aliphatic rings. The number of fused-ring (bicyclic) bond motifs is 1. The molecule has 132 valence electrons. The largest absolute Gasteiger partial charge is 0.462 e. The van der Waals surface area contributed by atoms with Gasteiger partial charge in [-0.05, 0) is 55.7 Å². The van der Waals surface area contributed by atoms with Crippen LogP contribution in [0, 0.1) is 0 Å². The third kappa shape index (κ3) is 4.38. The summed E-state index contributed by atoms with van der Waals surface area (Å²) in [4.78, 5) is 27.0. The van der Waals surface area contributed by atoms with E-state index in [1.807, 2.05) is 17.5 Å². The van der Waals surface area contributed by atoms with Crippen molar-refractivity contribution in [1.29, 1.82) is 0 Å². The number of ether oxygens (including phenoxy) is 1. The van der Waals surface area contributed by atoms with E-state index in [1.54, 1.807) is 24.3 Å². The first-order chi connectivity index (χ1) is 12.2. The zero-order valence-corrected chi connectivity index (χ0v) is 15.8. The molecule has 3 rings (SSSR count). The molecule has 0 bridgehead atoms. The van der Waals surface area contributed by atoms with Crippen molar-refractivity contribution in [2.24, 2.45) is 0 Å². The van der Waals surface area contributed by atoms with Crippen LogP contribution in [0.25, 0.3) is 6.08 Å². The lowest BCUT2D eigenvalue weighted by molar-refractivity contribution is -0.111. The number of esters is 1. The molecule has 0 aliphatic heterocycles. The van der Waals surface area contributed by atoms with Crippen molar-refractivity contribution in [2.45, 2.75) is 39.0 Å². The SMILES string of the molecule is CCOC(=O)c1c(NC(=O)/C=C/c2cccs2)sc2c1CCCCC2. The van der Waals surface area contributed by atoms with Gasteiger partial charge in [0.25, 0.3) is 0 Å². The van der Waals surface area contributed by atoms with Gasteiger partial charge in [-0.2, -0.15) is 0 Å². The average molecular weight is 376 g/mol. The molecule has 6 heteroatoms. The lowest BCUT2D eigenvalue weighted by Gasteiger charge is -2.07. The Balaban J connectivity index is 1.84. The highest BCUT2D eigenvalue weighted by molar-refractivity contribution is 7.17. The first-order valence-corrected chi connectivity index (χ1v) is 10.2. The predicted octanol–water partition coefficient (Wildman–Crippen LogP) is 4.91. The van der Waals surface area contributed by atoms with Gasteiger partial charge in [-0.1, -0.05) is 12.5 Å². The summed E-state index contributed by atoms with van der Waals surface area (Å²) >= 11 is 3.09. The van der Waals surface area contributed by atoms with Gasteiger partial charge in [0.15, 0.2) is 0 Å². The Labute approximate surface area is 155 Å². The van der Waals surface area contributed by atoms with Crippen molar-refractivity contribution in [2.75, 3.05) is 11.9 Å². The molecule has 0 saturated carbocycles. The minimum absolute atomic E-state index is 0.227. The van der Waals surface area contributed by atoms with Crippen LogP contribution in [-0.2, 0) is 22.4 Å². The van der Waals surface area contributed by atoms with Crippen molar-refractivity contribution >= 4 is 45.6 Å². The van der Waals surface area contributed by atoms with Crippen molar-refractivity contribution < 1.29 is 14.3 Å². The number of rotatable bonds is 5. The van der Waals surface area contributed by atoms with Crippen LogP contribution >= 0.6 is 22.7 Å². The van der Waals surface area contributed by atoms with Gasteiger partial charge >= 0.3 is 5.97 Å². The Morgan fingerprint density at radius 1 is 1.28 bits per heavy atom. The second kappa shape index (κ2) is 8.45. The van der Waals surface area contributed by atoms with Gasteiger partial charge in [0.1, 0.15) is 5.00 Å². The smallest absolute Gasteiger partial charge is 0.341 e. The minimum atomic E-state index is -0.334. The highest BCUT2D eigenvalue weighted by Crippen LogP contribution is 2.38. The molecule has 0 aromatic carbocycles. The number of anilines is 1. The summed E-state index contributed by atoms with van der Waals surface area (Å²) in [6.07, 6.45) is 8.50. The molecule has 0 saturated heterocycles. The van der Waals surface area contributed by atoms with E-state index in [0.717, 1.165) is 36.1 Å². The third-order valence-electron chi connectivity index (χ3n) is 4.08. The molecule has 1 N–H and O–H groups in total. The molecule has 0 atom stereocenters. The number of nitrogens with one attached hydrogen (secondary N) is 1. The van der Waals surface area contributed by atoms with Crippen LogP contribution in [0.3, 0.4) is 0 Å². The molecule has 2 heterocycles. The zero-order valence-electron chi connectivity index (χ0n) is 14.2. The Hall–Kier alpha value is -1.92. The van der Waals surface area contributed by atoms with Gasteiger partial charge in [-0.15, -0.1) is 22.7 Å². The number of hydrogen-bond acceptors (Lipinski definition) is 5. The molecule has 4 nitrogen and oxygen atoms in total. The Morgan fingerprint density at radius 3 is 2.88 bits per heavy atom. The van der Waals surface area contributed by atoms with E-state index < -0.39 is 0 Å². The number of thiophene rings is 2. The van der Waals surface area contributed by atoms with E-state index in [2.05, 4.69) is 5.32 Å². The van der Waals surface area contributed by atoms with Crippen molar-refractivity contribution in [1.82, 2.24) is 0 Å². The molecule has 2 aromatic heterocycles. The van der Waals surface area contributed by atoms with E-state index in [-0.39, 0.29) is 11.9 Å². The normalized spacial score (nSPS) is 14.1. The molecule has 0 unspecified atom stereocenters. The van der Waals surface area contributed by atoms with Crippen LogP contribution in [0.2, 0.25) is 0 Å². The fourth-order valence-corrected chi connectivity index (χ4v) is 4.85. The van der Waals surface area contributed by atoms with E-state index in [4.69, 9.17) is 4.74 Å². The predicted molar refractivity (Wildman–Crippen MR) is 104 cm³/mol. The highest BCUT2D eigenvalue weighted by atomic mass is 32.1. The van der Waals surface area contributed by atoms with Gasteiger partial charge < -0.3 is 10.1 Å². The van der Waals surface area contributed by atoms with Gasteiger partial charge in [-0.25, -0.2) is 4.79 Å². The standard InChI is InChI=1S/C19H21NO3S2/c1-2-23-19(22)17-14-8-4-3-5-9-15(14)25-18(17)20-16(21)11-10-13-7-6-12-24-13/h6-7,10-12H,2-5,8-9H2,1H3,(H,20,21)/b11-10+. The number of carbonyl (C=O) groups excluding carboxylic acids is 2.